The number of carbonyl (C=O) groups excluding carboxylic acids is 2. The van der Waals surface area contributed by atoms with E-state index >= 15 is 0 Å². The number of furan rings is 1. The van der Waals surface area contributed by atoms with Gasteiger partial charge in [0.05, 0.1) is 5.69 Å². The van der Waals surface area contributed by atoms with Crippen molar-refractivity contribution in [3.8, 4) is 0 Å². The summed E-state index contributed by atoms with van der Waals surface area (Å²) in [5.41, 5.74) is 1.73. The highest BCUT2D eigenvalue weighted by molar-refractivity contribution is 7.80. The molecule has 29 heavy (non-hydrogen) atoms. The second-order valence-electron chi connectivity index (χ2n) is 7.40. The summed E-state index contributed by atoms with van der Waals surface area (Å²) in [4.78, 5) is 30.8. The smallest absolute Gasteiger partial charge is 0.270 e. The van der Waals surface area contributed by atoms with Gasteiger partial charge in [0.2, 0.25) is 0 Å². The average Bonchev–Trinajstić information content (AvgIpc) is 3.21. The van der Waals surface area contributed by atoms with Crippen molar-refractivity contribution in [1.82, 2.24) is 4.90 Å². The first kappa shape index (κ1) is 19.4. The number of thiocarbonyl (C=S) groups is 1. The van der Waals surface area contributed by atoms with Crippen LogP contribution in [-0.2, 0) is 9.59 Å². The number of benzene rings is 1. The summed E-state index contributed by atoms with van der Waals surface area (Å²) in [6.45, 7) is 3.89. The number of carbonyl (C=O) groups is 2. The molecule has 0 saturated carbocycles. The number of likely N-dealkylation sites (N-methyl/N-ethyl adjacent to an activating group) is 1. The summed E-state index contributed by atoms with van der Waals surface area (Å²) >= 11 is 5.38. The highest BCUT2D eigenvalue weighted by Crippen LogP contribution is 2.28. The van der Waals surface area contributed by atoms with E-state index in [9.17, 15) is 9.59 Å². The minimum Gasteiger partial charge on any atom is -0.441 e. The van der Waals surface area contributed by atoms with Gasteiger partial charge < -0.3 is 9.32 Å². The van der Waals surface area contributed by atoms with Crippen molar-refractivity contribution in [2.45, 2.75) is 26.2 Å². The molecule has 0 unspecified atom stereocenters. The molecule has 0 atom stereocenters. The molecule has 0 aliphatic carbocycles. The van der Waals surface area contributed by atoms with Gasteiger partial charge >= 0.3 is 0 Å². The normalized spacial score (nSPS) is 19.4. The lowest BCUT2D eigenvalue weighted by atomic mass is 10.1. The zero-order valence-corrected chi connectivity index (χ0v) is 17.4. The fourth-order valence-corrected chi connectivity index (χ4v) is 3.88. The Hall–Kier alpha value is -2.93. The topological polar surface area (TPSA) is 57.0 Å². The molecule has 1 aromatic carbocycles. The number of piperidine rings is 1. The second-order valence-corrected chi connectivity index (χ2v) is 7.77. The molecule has 2 aliphatic heterocycles. The maximum Gasteiger partial charge on any atom is 0.270 e. The maximum absolute atomic E-state index is 13.2. The molecular weight excluding hydrogens is 386 g/mol. The minimum atomic E-state index is -0.446. The molecule has 0 bridgehead atoms. The molecule has 2 fully saturated rings. The van der Waals surface area contributed by atoms with Crippen molar-refractivity contribution in [3.63, 3.8) is 0 Å². The molecule has 3 heterocycles. The predicted octanol–water partition coefficient (Wildman–Crippen LogP) is 3.75. The van der Waals surface area contributed by atoms with Crippen LogP contribution >= 0.6 is 12.2 Å². The van der Waals surface area contributed by atoms with E-state index in [0.717, 1.165) is 37.4 Å². The first-order valence-corrected chi connectivity index (χ1v) is 10.2. The van der Waals surface area contributed by atoms with E-state index in [-0.39, 0.29) is 10.7 Å². The molecular formula is C22H23N3O3S. The van der Waals surface area contributed by atoms with Crippen molar-refractivity contribution in [2.75, 3.05) is 29.9 Å². The Morgan fingerprint density at radius 3 is 2.34 bits per heavy atom. The molecule has 7 heteroatoms. The van der Waals surface area contributed by atoms with Gasteiger partial charge in [0, 0.05) is 26.2 Å². The Kier molecular flexibility index (Phi) is 5.24. The van der Waals surface area contributed by atoms with E-state index < -0.39 is 11.8 Å². The third kappa shape index (κ3) is 3.70. The van der Waals surface area contributed by atoms with Crippen LogP contribution in [0.25, 0.3) is 6.08 Å². The van der Waals surface area contributed by atoms with Crippen molar-refractivity contribution in [1.29, 1.82) is 0 Å². The summed E-state index contributed by atoms with van der Waals surface area (Å²) < 4.78 is 5.92. The van der Waals surface area contributed by atoms with Crippen LogP contribution in [0, 0.1) is 6.92 Å². The molecule has 6 nitrogen and oxygen atoms in total. The lowest BCUT2D eigenvalue weighted by Gasteiger charge is -2.34. The SMILES string of the molecule is Cc1ccc(N2C(=O)/C(=C\c3ccc(N4CCCCC4)o3)C(=O)N(C)C2=S)cc1. The van der Waals surface area contributed by atoms with Gasteiger partial charge in [0.25, 0.3) is 11.8 Å². The lowest BCUT2D eigenvalue weighted by Crippen LogP contribution is -2.54. The zero-order valence-electron chi connectivity index (χ0n) is 16.6. The van der Waals surface area contributed by atoms with Crippen LogP contribution in [0.3, 0.4) is 0 Å². The highest BCUT2D eigenvalue weighted by Gasteiger charge is 2.38. The molecule has 0 spiro atoms. The number of hydrogen-bond acceptors (Lipinski definition) is 5. The highest BCUT2D eigenvalue weighted by atomic mass is 32.1. The van der Waals surface area contributed by atoms with Crippen LogP contribution in [0.4, 0.5) is 11.6 Å². The number of nitrogens with zero attached hydrogens (tertiary/aromatic N) is 3. The van der Waals surface area contributed by atoms with E-state index in [1.54, 1.807) is 13.1 Å². The Morgan fingerprint density at radius 1 is 0.966 bits per heavy atom. The second kappa shape index (κ2) is 7.83. The number of rotatable bonds is 3. The van der Waals surface area contributed by atoms with Crippen LogP contribution < -0.4 is 9.80 Å². The Balaban J connectivity index is 1.65. The van der Waals surface area contributed by atoms with Gasteiger partial charge in [-0.2, -0.15) is 0 Å². The summed E-state index contributed by atoms with van der Waals surface area (Å²) in [5, 5.41) is 0.162. The molecule has 4 rings (SSSR count). The molecule has 0 radical (unpaired) electrons. The molecule has 2 aliphatic rings. The minimum absolute atomic E-state index is 0.0289. The number of aryl methyl sites for hydroxylation is 1. The standard InChI is InChI=1S/C22H23N3O3S/c1-15-6-8-16(9-7-15)25-21(27)18(20(26)23(2)22(25)29)14-17-10-11-19(28-17)24-12-4-3-5-13-24/h6-11,14H,3-5,12-13H2,1-2H3/b18-14-. The fourth-order valence-electron chi connectivity index (χ4n) is 3.61. The fraction of sp³-hybridized carbons (Fsp3) is 0.318. The zero-order chi connectivity index (χ0) is 20.5. The van der Waals surface area contributed by atoms with Gasteiger partial charge in [-0.15, -0.1) is 0 Å². The van der Waals surface area contributed by atoms with Gasteiger partial charge in [-0.25, -0.2) is 0 Å². The van der Waals surface area contributed by atoms with Crippen LogP contribution in [0.2, 0.25) is 0 Å². The summed E-state index contributed by atoms with van der Waals surface area (Å²) in [5.74, 6) is 0.371. The molecule has 2 aromatic rings. The molecule has 2 amide bonds. The third-order valence-corrected chi connectivity index (χ3v) is 5.76. The first-order chi connectivity index (χ1) is 14.0. The monoisotopic (exact) mass is 409 g/mol. The van der Waals surface area contributed by atoms with Crippen molar-refractivity contribution in [3.05, 3.63) is 53.3 Å². The first-order valence-electron chi connectivity index (χ1n) is 9.75. The van der Waals surface area contributed by atoms with E-state index in [1.807, 2.05) is 37.3 Å². The van der Waals surface area contributed by atoms with Gasteiger partial charge in [-0.1, -0.05) is 17.7 Å². The largest absolute Gasteiger partial charge is 0.441 e. The summed E-state index contributed by atoms with van der Waals surface area (Å²) in [6, 6.07) is 11.1. The predicted molar refractivity (Wildman–Crippen MR) is 117 cm³/mol. The van der Waals surface area contributed by atoms with Crippen LogP contribution in [0.15, 0.2) is 46.4 Å². The van der Waals surface area contributed by atoms with Crippen LogP contribution in [0.5, 0.6) is 0 Å². The molecule has 1 aromatic heterocycles. The van der Waals surface area contributed by atoms with E-state index in [4.69, 9.17) is 16.6 Å². The summed E-state index contributed by atoms with van der Waals surface area (Å²) in [6.07, 6.45) is 5.03. The number of amides is 2. The average molecular weight is 410 g/mol. The van der Waals surface area contributed by atoms with E-state index in [1.165, 1.54) is 22.3 Å². The quantitative estimate of drug-likeness (QED) is 0.439. The van der Waals surface area contributed by atoms with E-state index in [2.05, 4.69) is 4.90 Å². The van der Waals surface area contributed by atoms with Gasteiger partial charge in [0.15, 0.2) is 11.0 Å². The van der Waals surface area contributed by atoms with Gasteiger partial charge in [-0.05, 0) is 62.7 Å². The Labute approximate surface area is 175 Å². The van der Waals surface area contributed by atoms with Crippen molar-refractivity contribution >= 4 is 46.8 Å². The van der Waals surface area contributed by atoms with Gasteiger partial charge in [-0.3, -0.25) is 19.4 Å². The van der Waals surface area contributed by atoms with Crippen LogP contribution in [-0.4, -0.2) is 42.0 Å². The number of hydrogen-bond donors (Lipinski definition) is 0. The summed E-state index contributed by atoms with van der Waals surface area (Å²) in [7, 11) is 1.58. The van der Waals surface area contributed by atoms with Crippen molar-refractivity contribution < 1.29 is 14.0 Å². The maximum atomic E-state index is 13.2. The molecule has 2 saturated heterocycles. The van der Waals surface area contributed by atoms with Crippen molar-refractivity contribution in [2.24, 2.45) is 0 Å². The van der Waals surface area contributed by atoms with Crippen LogP contribution in [0.1, 0.15) is 30.6 Å². The molecule has 0 N–H and O–H groups in total. The number of anilines is 2. The Morgan fingerprint density at radius 2 is 1.66 bits per heavy atom. The Bertz CT molecular complexity index is 987. The van der Waals surface area contributed by atoms with Gasteiger partial charge in [0.1, 0.15) is 11.3 Å². The lowest BCUT2D eigenvalue weighted by molar-refractivity contribution is -0.127. The van der Waals surface area contributed by atoms with E-state index in [0.29, 0.717) is 11.4 Å². The molecule has 150 valence electrons. The third-order valence-electron chi connectivity index (χ3n) is 5.31.